The van der Waals surface area contributed by atoms with E-state index in [0.717, 1.165) is 5.56 Å². The Labute approximate surface area is 98.0 Å². The summed E-state index contributed by atoms with van der Waals surface area (Å²) >= 11 is 5.88. The summed E-state index contributed by atoms with van der Waals surface area (Å²) in [5.41, 5.74) is 7.37. The number of benzene rings is 1. The first kappa shape index (κ1) is 10.7. The van der Waals surface area contributed by atoms with Gasteiger partial charge in [0.2, 0.25) is 5.88 Å². The van der Waals surface area contributed by atoms with Gasteiger partial charge in [0, 0.05) is 0 Å². The van der Waals surface area contributed by atoms with Crippen LogP contribution in [0, 0.1) is 6.92 Å². The zero-order valence-electron chi connectivity index (χ0n) is 8.64. The number of hydrogen-bond acceptors (Lipinski definition) is 4. The summed E-state index contributed by atoms with van der Waals surface area (Å²) in [5.74, 6) is 0.842. The number of aryl methyl sites for hydroxylation is 1. The number of nitrogens with zero attached hydrogens (tertiary/aromatic N) is 2. The lowest BCUT2D eigenvalue weighted by Gasteiger charge is -2.08. The average Bonchev–Trinajstić information content (AvgIpc) is 2.27. The predicted molar refractivity (Wildman–Crippen MR) is 62.7 cm³/mol. The molecule has 0 atom stereocenters. The van der Waals surface area contributed by atoms with Gasteiger partial charge in [-0.15, -0.1) is 0 Å². The molecule has 2 aromatic rings. The molecule has 0 fully saturated rings. The van der Waals surface area contributed by atoms with Gasteiger partial charge >= 0.3 is 0 Å². The third-order valence-corrected chi connectivity index (χ3v) is 2.27. The van der Waals surface area contributed by atoms with Crippen LogP contribution in [-0.4, -0.2) is 9.97 Å². The maximum atomic E-state index is 5.88. The maximum absolute atomic E-state index is 5.88. The minimum Gasteiger partial charge on any atom is -0.435 e. The molecule has 5 heteroatoms. The number of halogens is 1. The summed E-state index contributed by atoms with van der Waals surface area (Å²) in [4.78, 5) is 7.70. The monoisotopic (exact) mass is 235 g/mol. The third kappa shape index (κ3) is 2.23. The van der Waals surface area contributed by atoms with E-state index in [1.54, 1.807) is 6.07 Å². The van der Waals surface area contributed by atoms with Crippen LogP contribution in [0.15, 0.2) is 30.7 Å². The Morgan fingerprint density at radius 3 is 2.94 bits per heavy atom. The second-order valence-electron chi connectivity index (χ2n) is 3.32. The minimum absolute atomic E-state index is 0.300. The average molecular weight is 236 g/mol. The molecule has 0 unspecified atom stereocenters. The molecule has 0 saturated heterocycles. The lowest BCUT2D eigenvalue weighted by atomic mass is 10.2. The first-order valence-corrected chi connectivity index (χ1v) is 5.04. The van der Waals surface area contributed by atoms with E-state index in [1.165, 1.54) is 12.5 Å². The molecule has 0 saturated carbocycles. The van der Waals surface area contributed by atoms with E-state index in [1.807, 2.05) is 19.1 Å². The van der Waals surface area contributed by atoms with Gasteiger partial charge in [0.05, 0.1) is 11.9 Å². The highest BCUT2D eigenvalue weighted by molar-refractivity contribution is 6.31. The minimum atomic E-state index is 0.300. The van der Waals surface area contributed by atoms with Crippen molar-refractivity contribution in [2.24, 2.45) is 0 Å². The van der Waals surface area contributed by atoms with Crippen molar-refractivity contribution in [3.05, 3.63) is 41.3 Å². The van der Waals surface area contributed by atoms with Crippen molar-refractivity contribution >= 4 is 17.3 Å². The number of nitrogens with two attached hydrogens (primary N) is 1. The molecular weight excluding hydrogens is 226 g/mol. The van der Waals surface area contributed by atoms with Gasteiger partial charge in [0.1, 0.15) is 11.3 Å². The molecule has 4 nitrogen and oxygen atoms in total. The number of aromatic nitrogens is 2. The van der Waals surface area contributed by atoms with Gasteiger partial charge in [-0.1, -0.05) is 17.7 Å². The van der Waals surface area contributed by atoms with E-state index in [4.69, 9.17) is 22.1 Å². The zero-order valence-corrected chi connectivity index (χ0v) is 9.40. The molecule has 82 valence electrons. The fourth-order valence-corrected chi connectivity index (χ4v) is 1.35. The topological polar surface area (TPSA) is 61.0 Å². The fraction of sp³-hybridized carbons (Fsp3) is 0.0909. The van der Waals surface area contributed by atoms with E-state index < -0.39 is 0 Å². The van der Waals surface area contributed by atoms with Gasteiger partial charge < -0.3 is 10.5 Å². The van der Waals surface area contributed by atoms with E-state index in [9.17, 15) is 0 Å². The van der Waals surface area contributed by atoms with Crippen molar-refractivity contribution in [1.29, 1.82) is 0 Å². The third-order valence-electron chi connectivity index (χ3n) is 2.01. The quantitative estimate of drug-likeness (QED) is 0.813. The van der Waals surface area contributed by atoms with E-state index in [0.29, 0.717) is 22.3 Å². The van der Waals surface area contributed by atoms with Crippen molar-refractivity contribution in [2.45, 2.75) is 6.92 Å². The van der Waals surface area contributed by atoms with Gasteiger partial charge in [-0.2, -0.15) is 0 Å². The lowest BCUT2D eigenvalue weighted by molar-refractivity contribution is 0.463. The largest absolute Gasteiger partial charge is 0.435 e. The Bertz CT molecular complexity index is 516. The first-order chi connectivity index (χ1) is 7.66. The van der Waals surface area contributed by atoms with Crippen LogP contribution in [0.1, 0.15) is 5.56 Å². The number of nitrogen functional groups attached to an aromatic ring is 1. The Morgan fingerprint density at radius 2 is 2.19 bits per heavy atom. The van der Waals surface area contributed by atoms with Gasteiger partial charge in [0.25, 0.3) is 0 Å². The number of hydrogen-bond donors (Lipinski definition) is 1. The lowest BCUT2D eigenvalue weighted by Crippen LogP contribution is -1.95. The molecule has 0 radical (unpaired) electrons. The molecule has 2 N–H and O–H groups in total. The fourth-order valence-electron chi connectivity index (χ4n) is 1.21. The van der Waals surface area contributed by atoms with Crippen LogP contribution in [0.3, 0.4) is 0 Å². The molecule has 1 aromatic carbocycles. The molecule has 0 aliphatic rings. The Kier molecular flexibility index (Phi) is 2.92. The molecule has 0 bridgehead atoms. The van der Waals surface area contributed by atoms with Crippen molar-refractivity contribution in [3.63, 3.8) is 0 Å². The van der Waals surface area contributed by atoms with Crippen LogP contribution in [0.5, 0.6) is 11.6 Å². The van der Waals surface area contributed by atoms with Gasteiger partial charge in [-0.3, -0.25) is 0 Å². The van der Waals surface area contributed by atoms with Crippen molar-refractivity contribution in [1.82, 2.24) is 9.97 Å². The first-order valence-electron chi connectivity index (χ1n) is 4.66. The SMILES string of the molecule is Cc1ccc(N)c(Oc2ncncc2Cl)c1. The van der Waals surface area contributed by atoms with E-state index >= 15 is 0 Å². The summed E-state index contributed by atoms with van der Waals surface area (Å²) < 4.78 is 5.51. The van der Waals surface area contributed by atoms with Crippen LogP contribution in [-0.2, 0) is 0 Å². The number of rotatable bonds is 2. The summed E-state index contributed by atoms with van der Waals surface area (Å²) in [6, 6.07) is 5.51. The van der Waals surface area contributed by atoms with Crippen molar-refractivity contribution in [2.75, 3.05) is 5.73 Å². The molecular formula is C11H10ClN3O. The molecule has 1 aromatic heterocycles. The molecule has 2 rings (SSSR count). The summed E-state index contributed by atoms with van der Waals surface area (Å²) in [6.07, 6.45) is 2.84. The van der Waals surface area contributed by atoms with Gasteiger partial charge in [-0.05, 0) is 24.6 Å². The van der Waals surface area contributed by atoms with E-state index in [-0.39, 0.29) is 0 Å². The highest BCUT2D eigenvalue weighted by Crippen LogP contribution is 2.30. The molecule has 1 heterocycles. The van der Waals surface area contributed by atoms with Crippen LogP contribution < -0.4 is 10.5 Å². The Balaban J connectivity index is 2.34. The highest BCUT2D eigenvalue weighted by Gasteiger charge is 2.07. The number of anilines is 1. The van der Waals surface area contributed by atoms with E-state index in [2.05, 4.69) is 9.97 Å². The molecule has 0 spiro atoms. The normalized spacial score (nSPS) is 10.1. The summed E-state index contributed by atoms with van der Waals surface area (Å²) in [7, 11) is 0. The Hall–Kier alpha value is -1.81. The Morgan fingerprint density at radius 1 is 1.38 bits per heavy atom. The van der Waals surface area contributed by atoms with Crippen molar-refractivity contribution in [3.8, 4) is 11.6 Å². The molecule has 0 aliphatic heterocycles. The van der Waals surface area contributed by atoms with Gasteiger partial charge in [-0.25, -0.2) is 9.97 Å². The zero-order chi connectivity index (χ0) is 11.5. The predicted octanol–water partition coefficient (Wildman–Crippen LogP) is 2.81. The highest BCUT2D eigenvalue weighted by atomic mass is 35.5. The second-order valence-corrected chi connectivity index (χ2v) is 3.73. The maximum Gasteiger partial charge on any atom is 0.241 e. The second kappa shape index (κ2) is 4.37. The van der Waals surface area contributed by atoms with Crippen LogP contribution in [0.2, 0.25) is 5.02 Å². The summed E-state index contributed by atoms with van der Waals surface area (Å²) in [6.45, 7) is 1.95. The van der Waals surface area contributed by atoms with Gasteiger partial charge in [0.15, 0.2) is 5.75 Å². The molecule has 16 heavy (non-hydrogen) atoms. The molecule has 0 aliphatic carbocycles. The van der Waals surface area contributed by atoms with Crippen LogP contribution >= 0.6 is 11.6 Å². The van der Waals surface area contributed by atoms with Crippen molar-refractivity contribution < 1.29 is 4.74 Å². The van der Waals surface area contributed by atoms with Crippen LogP contribution in [0.25, 0.3) is 0 Å². The smallest absolute Gasteiger partial charge is 0.241 e. The van der Waals surface area contributed by atoms with Crippen LogP contribution in [0.4, 0.5) is 5.69 Å². The standard InChI is InChI=1S/C11H10ClN3O/c1-7-2-3-9(13)10(4-7)16-11-8(12)5-14-6-15-11/h2-6H,13H2,1H3. The summed E-state index contributed by atoms with van der Waals surface area (Å²) in [5, 5.41) is 0.350. The number of ether oxygens (including phenoxy) is 1. The molecule has 0 amide bonds.